The van der Waals surface area contributed by atoms with Crippen LogP contribution in [0.15, 0.2) is 24.3 Å². The monoisotopic (exact) mass is 298 g/mol. The van der Waals surface area contributed by atoms with E-state index < -0.39 is 11.7 Å². The van der Waals surface area contributed by atoms with Crippen molar-refractivity contribution in [2.75, 3.05) is 11.2 Å². The minimum atomic E-state index is -0.532. The lowest BCUT2D eigenvalue weighted by Crippen LogP contribution is -2.27. The number of carbonyl (C=O) groups excluding carboxylic acids is 2. The molecule has 0 saturated carbocycles. The van der Waals surface area contributed by atoms with Gasteiger partial charge in [-0.2, -0.15) is 0 Å². The number of ether oxygens (including phenoxy) is 1. The summed E-state index contributed by atoms with van der Waals surface area (Å²) in [5.74, 6) is -0.277. The number of benzene rings is 1. The summed E-state index contributed by atoms with van der Waals surface area (Å²) in [5.41, 5.74) is 1.01. The van der Waals surface area contributed by atoms with Gasteiger partial charge in [0.15, 0.2) is 0 Å². The molecule has 2 N–H and O–H groups in total. The van der Waals surface area contributed by atoms with Crippen LogP contribution in [0.5, 0.6) is 0 Å². The van der Waals surface area contributed by atoms with E-state index in [4.69, 9.17) is 16.3 Å². The van der Waals surface area contributed by atoms with E-state index in [0.29, 0.717) is 12.2 Å². The number of anilines is 1. The molecule has 0 aromatic heterocycles. The predicted octanol–water partition coefficient (Wildman–Crippen LogP) is 2.89. The maximum atomic E-state index is 11.6. The van der Waals surface area contributed by atoms with Gasteiger partial charge < -0.3 is 10.1 Å². The molecule has 1 aromatic rings. The molecule has 0 saturated heterocycles. The number of amides is 2. The first-order valence-electron chi connectivity index (χ1n) is 6.22. The maximum Gasteiger partial charge on any atom is 0.412 e. The van der Waals surface area contributed by atoms with Gasteiger partial charge in [0, 0.05) is 12.2 Å². The molecule has 1 aromatic carbocycles. The molecular weight excluding hydrogens is 280 g/mol. The van der Waals surface area contributed by atoms with Crippen molar-refractivity contribution in [3.8, 4) is 0 Å². The quantitative estimate of drug-likeness (QED) is 0.840. The first-order chi connectivity index (χ1) is 9.30. The van der Waals surface area contributed by atoms with Crippen LogP contribution in [0.3, 0.4) is 0 Å². The van der Waals surface area contributed by atoms with Crippen molar-refractivity contribution in [1.29, 1.82) is 0 Å². The Hall–Kier alpha value is -1.75. The smallest absolute Gasteiger partial charge is 0.412 e. The molecule has 0 aliphatic rings. The summed E-state index contributed by atoms with van der Waals surface area (Å²) < 4.78 is 5.14. The fraction of sp³-hybridized carbons (Fsp3) is 0.429. The number of carbonyl (C=O) groups is 2. The van der Waals surface area contributed by atoms with Crippen LogP contribution in [0.1, 0.15) is 26.3 Å². The van der Waals surface area contributed by atoms with Crippen molar-refractivity contribution >= 4 is 29.3 Å². The van der Waals surface area contributed by atoms with Gasteiger partial charge in [-0.1, -0.05) is 12.1 Å². The van der Waals surface area contributed by atoms with Gasteiger partial charge in [-0.25, -0.2) is 4.79 Å². The second-order valence-electron chi connectivity index (χ2n) is 5.23. The Balaban J connectivity index is 2.50. The largest absolute Gasteiger partial charge is 0.444 e. The van der Waals surface area contributed by atoms with Gasteiger partial charge >= 0.3 is 6.09 Å². The fourth-order valence-corrected chi connectivity index (χ4v) is 1.47. The zero-order valence-electron chi connectivity index (χ0n) is 11.8. The zero-order chi connectivity index (χ0) is 15.2. The average Bonchev–Trinajstić information content (AvgIpc) is 2.35. The molecule has 0 radical (unpaired) electrons. The van der Waals surface area contributed by atoms with Gasteiger partial charge in [-0.15, -0.1) is 11.6 Å². The van der Waals surface area contributed by atoms with Crippen molar-refractivity contribution in [2.24, 2.45) is 0 Å². The summed E-state index contributed by atoms with van der Waals surface area (Å²) in [5, 5.41) is 5.29. The lowest BCUT2D eigenvalue weighted by atomic mass is 10.2. The van der Waals surface area contributed by atoms with Crippen LogP contribution < -0.4 is 10.6 Å². The number of hydrogen-bond donors (Lipinski definition) is 2. The van der Waals surface area contributed by atoms with Crippen LogP contribution in [0.2, 0.25) is 0 Å². The highest BCUT2D eigenvalue weighted by Gasteiger charge is 2.15. The van der Waals surface area contributed by atoms with E-state index in [9.17, 15) is 9.59 Å². The highest BCUT2D eigenvalue weighted by molar-refractivity contribution is 6.27. The lowest BCUT2D eigenvalue weighted by Gasteiger charge is -2.19. The van der Waals surface area contributed by atoms with E-state index in [1.54, 1.807) is 45.0 Å². The second kappa shape index (κ2) is 7.14. The summed E-state index contributed by atoms with van der Waals surface area (Å²) in [7, 11) is 0. The van der Waals surface area contributed by atoms with Crippen molar-refractivity contribution < 1.29 is 14.3 Å². The summed E-state index contributed by atoms with van der Waals surface area (Å²) in [6, 6.07) is 7.10. The Morgan fingerprint density at radius 1 is 1.20 bits per heavy atom. The molecule has 6 heteroatoms. The molecule has 110 valence electrons. The van der Waals surface area contributed by atoms with Crippen LogP contribution in [0.25, 0.3) is 0 Å². The normalized spacial score (nSPS) is 10.8. The van der Waals surface area contributed by atoms with Crippen LogP contribution in [0, 0.1) is 0 Å². The molecule has 0 unspecified atom stereocenters. The van der Waals surface area contributed by atoms with E-state index in [1.165, 1.54) is 0 Å². The standard InChI is InChI=1S/C14H19ClN2O3/c1-14(2,3)20-13(19)17-11-6-4-10(5-7-11)9-16-12(18)8-15/h4-7H,8-9H2,1-3H3,(H,16,18)(H,17,19). The number of alkyl halides is 1. The third-order valence-corrected chi connectivity index (χ3v) is 2.45. The third kappa shape index (κ3) is 6.43. The van der Waals surface area contributed by atoms with E-state index >= 15 is 0 Å². The summed E-state index contributed by atoms with van der Waals surface area (Å²) in [6.45, 7) is 5.80. The molecule has 0 aliphatic heterocycles. The fourth-order valence-electron chi connectivity index (χ4n) is 1.38. The Bertz CT molecular complexity index is 466. The lowest BCUT2D eigenvalue weighted by molar-refractivity contribution is -0.118. The average molecular weight is 299 g/mol. The first kappa shape index (κ1) is 16.3. The molecule has 20 heavy (non-hydrogen) atoms. The molecular formula is C14H19ClN2O3. The van der Waals surface area contributed by atoms with Gasteiger partial charge in [-0.3, -0.25) is 10.1 Å². The van der Waals surface area contributed by atoms with E-state index in [1.807, 2.05) is 0 Å². The van der Waals surface area contributed by atoms with Crippen molar-refractivity contribution in [1.82, 2.24) is 5.32 Å². The molecule has 0 spiro atoms. The number of halogens is 1. The van der Waals surface area contributed by atoms with Gasteiger partial charge in [0.1, 0.15) is 11.5 Å². The van der Waals surface area contributed by atoms with Gasteiger partial charge in [0.2, 0.25) is 5.91 Å². The Morgan fingerprint density at radius 2 is 1.80 bits per heavy atom. The van der Waals surface area contributed by atoms with Gasteiger partial charge in [0.25, 0.3) is 0 Å². The second-order valence-corrected chi connectivity index (χ2v) is 5.50. The highest BCUT2D eigenvalue weighted by atomic mass is 35.5. The molecule has 0 bridgehead atoms. The van der Waals surface area contributed by atoms with Crippen LogP contribution in [0.4, 0.5) is 10.5 Å². The first-order valence-corrected chi connectivity index (χ1v) is 6.75. The number of nitrogens with one attached hydrogen (secondary N) is 2. The molecule has 2 amide bonds. The minimum absolute atomic E-state index is 0.0573. The molecule has 0 heterocycles. The van der Waals surface area contributed by atoms with E-state index in [0.717, 1.165) is 5.56 Å². The van der Waals surface area contributed by atoms with E-state index in [-0.39, 0.29) is 11.8 Å². The molecule has 0 aliphatic carbocycles. The van der Waals surface area contributed by atoms with Crippen molar-refractivity contribution in [3.05, 3.63) is 29.8 Å². The Labute approximate surface area is 123 Å². The third-order valence-electron chi connectivity index (χ3n) is 2.21. The summed E-state index contributed by atoms with van der Waals surface area (Å²) >= 11 is 5.38. The van der Waals surface area contributed by atoms with E-state index in [2.05, 4.69) is 10.6 Å². The summed E-state index contributed by atoms with van der Waals surface area (Å²) in [6.07, 6.45) is -0.499. The number of rotatable bonds is 4. The van der Waals surface area contributed by atoms with Crippen LogP contribution in [-0.2, 0) is 16.1 Å². The van der Waals surface area contributed by atoms with Crippen molar-refractivity contribution in [2.45, 2.75) is 32.9 Å². The number of hydrogen-bond acceptors (Lipinski definition) is 3. The topological polar surface area (TPSA) is 67.4 Å². The highest BCUT2D eigenvalue weighted by Crippen LogP contribution is 2.12. The van der Waals surface area contributed by atoms with Gasteiger partial charge in [0.05, 0.1) is 0 Å². The molecule has 0 atom stereocenters. The van der Waals surface area contributed by atoms with Crippen LogP contribution >= 0.6 is 11.6 Å². The molecule has 1 rings (SSSR count). The summed E-state index contributed by atoms with van der Waals surface area (Å²) in [4.78, 5) is 22.6. The zero-order valence-corrected chi connectivity index (χ0v) is 12.6. The van der Waals surface area contributed by atoms with Gasteiger partial charge in [-0.05, 0) is 38.5 Å². The Morgan fingerprint density at radius 3 is 2.30 bits per heavy atom. The predicted molar refractivity (Wildman–Crippen MR) is 78.9 cm³/mol. The molecule has 5 nitrogen and oxygen atoms in total. The SMILES string of the molecule is CC(C)(C)OC(=O)Nc1ccc(CNC(=O)CCl)cc1. The molecule has 0 fully saturated rings. The maximum absolute atomic E-state index is 11.6. The van der Waals surface area contributed by atoms with Crippen LogP contribution in [-0.4, -0.2) is 23.5 Å². The minimum Gasteiger partial charge on any atom is -0.444 e. The Kier molecular flexibility index (Phi) is 5.82. The van der Waals surface area contributed by atoms with Crippen molar-refractivity contribution in [3.63, 3.8) is 0 Å².